The van der Waals surface area contributed by atoms with Gasteiger partial charge in [0, 0.05) is 16.9 Å². The minimum absolute atomic E-state index is 1.12. The molecule has 0 aliphatic rings. The van der Waals surface area contributed by atoms with Crippen molar-refractivity contribution in [3.05, 3.63) is 176 Å². The topological polar surface area (TPSA) is 3.24 Å². The third-order valence-electron chi connectivity index (χ3n) is 7.67. The van der Waals surface area contributed by atoms with Crippen molar-refractivity contribution in [1.82, 2.24) is 0 Å². The van der Waals surface area contributed by atoms with Crippen molar-refractivity contribution in [3.63, 3.8) is 0 Å². The van der Waals surface area contributed by atoms with Gasteiger partial charge in [-0.2, -0.15) is 0 Å². The number of hydrogen-bond acceptors (Lipinski definition) is 1. The van der Waals surface area contributed by atoms with Gasteiger partial charge in [0.1, 0.15) is 0 Å². The molecular weight excluding hydrogens is 494 g/mol. The molecule has 0 aliphatic carbocycles. The molecule has 7 aromatic rings. The van der Waals surface area contributed by atoms with E-state index in [1.54, 1.807) is 0 Å². The molecule has 7 rings (SSSR count). The second-order valence-corrected chi connectivity index (χ2v) is 10.2. The van der Waals surface area contributed by atoms with E-state index >= 15 is 0 Å². The Hall–Kier alpha value is -5.40. The van der Waals surface area contributed by atoms with E-state index in [9.17, 15) is 0 Å². The molecule has 7 aromatic carbocycles. The first-order valence-electron chi connectivity index (χ1n) is 14.0. The van der Waals surface area contributed by atoms with Crippen molar-refractivity contribution in [2.75, 3.05) is 4.90 Å². The zero-order valence-corrected chi connectivity index (χ0v) is 22.7. The maximum atomic E-state index is 2.35. The SMILES string of the molecule is c1ccc(-c2ccccc2N(c2ccccc2)c2ccc(-c3c(-c4ccccc4)ccc4ccccc34)cc2)cc1. The van der Waals surface area contributed by atoms with E-state index < -0.39 is 0 Å². The van der Waals surface area contributed by atoms with Crippen molar-refractivity contribution in [1.29, 1.82) is 0 Å². The summed E-state index contributed by atoms with van der Waals surface area (Å²) in [4.78, 5) is 2.35. The number of fused-ring (bicyclic) bond motifs is 1. The van der Waals surface area contributed by atoms with Gasteiger partial charge >= 0.3 is 0 Å². The summed E-state index contributed by atoms with van der Waals surface area (Å²) in [6, 6.07) is 62.8. The lowest BCUT2D eigenvalue weighted by molar-refractivity contribution is 1.28. The summed E-state index contributed by atoms with van der Waals surface area (Å²) in [5.74, 6) is 0. The van der Waals surface area contributed by atoms with E-state index in [1.807, 2.05) is 0 Å². The summed E-state index contributed by atoms with van der Waals surface area (Å²) in [5, 5.41) is 2.50. The Morgan fingerprint density at radius 1 is 0.317 bits per heavy atom. The summed E-state index contributed by atoms with van der Waals surface area (Å²) in [5.41, 5.74) is 10.7. The Labute approximate surface area is 241 Å². The molecule has 0 bridgehead atoms. The molecule has 0 saturated heterocycles. The van der Waals surface area contributed by atoms with Crippen LogP contribution in [0.4, 0.5) is 17.1 Å². The van der Waals surface area contributed by atoms with Crippen LogP contribution in [-0.4, -0.2) is 0 Å². The van der Waals surface area contributed by atoms with Gasteiger partial charge in [-0.1, -0.05) is 146 Å². The highest BCUT2D eigenvalue weighted by molar-refractivity contribution is 6.04. The fourth-order valence-electron chi connectivity index (χ4n) is 5.75. The molecule has 0 saturated carbocycles. The first-order chi connectivity index (χ1) is 20.4. The smallest absolute Gasteiger partial charge is 0.0540 e. The van der Waals surface area contributed by atoms with E-state index in [4.69, 9.17) is 0 Å². The zero-order valence-electron chi connectivity index (χ0n) is 22.7. The fourth-order valence-corrected chi connectivity index (χ4v) is 5.75. The number of anilines is 3. The van der Waals surface area contributed by atoms with Gasteiger partial charge in [0.05, 0.1) is 5.69 Å². The maximum Gasteiger partial charge on any atom is 0.0540 e. The molecule has 0 unspecified atom stereocenters. The normalized spacial score (nSPS) is 10.9. The molecule has 0 amide bonds. The Morgan fingerprint density at radius 3 is 1.56 bits per heavy atom. The first kappa shape index (κ1) is 24.6. The minimum Gasteiger partial charge on any atom is -0.310 e. The number of benzene rings is 7. The Kier molecular flexibility index (Phi) is 6.61. The molecule has 0 spiro atoms. The molecule has 0 aromatic heterocycles. The number of hydrogen-bond donors (Lipinski definition) is 0. The Bertz CT molecular complexity index is 1910. The summed E-state index contributed by atoms with van der Waals surface area (Å²) in [6.45, 7) is 0. The summed E-state index contributed by atoms with van der Waals surface area (Å²) in [7, 11) is 0. The molecule has 0 heterocycles. The first-order valence-corrected chi connectivity index (χ1v) is 14.0. The fraction of sp³-hybridized carbons (Fsp3) is 0. The van der Waals surface area contributed by atoms with Gasteiger partial charge in [0.15, 0.2) is 0 Å². The minimum atomic E-state index is 1.12. The highest BCUT2D eigenvalue weighted by atomic mass is 15.1. The van der Waals surface area contributed by atoms with Crippen molar-refractivity contribution >= 4 is 27.8 Å². The van der Waals surface area contributed by atoms with Crippen LogP contribution in [0.2, 0.25) is 0 Å². The van der Waals surface area contributed by atoms with Gasteiger partial charge in [-0.15, -0.1) is 0 Å². The van der Waals surface area contributed by atoms with Crippen LogP contribution in [0.3, 0.4) is 0 Å². The van der Waals surface area contributed by atoms with Crippen molar-refractivity contribution in [3.8, 4) is 33.4 Å². The zero-order chi connectivity index (χ0) is 27.4. The number of nitrogens with zero attached hydrogens (tertiary/aromatic N) is 1. The molecule has 1 nitrogen and oxygen atoms in total. The lowest BCUT2D eigenvalue weighted by Gasteiger charge is -2.28. The standard InChI is InChI=1S/C40H29N/c1-4-14-30(15-5-1)36-21-12-13-23-39(36)41(34-19-8-3-9-20-34)35-27-24-33(25-28-35)40-37-22-11-10-18-32(37)26-29-38(40)31-16-6-2-7-17-31/h1-29H. The van der Waals surface area contributed by atoms with E-state index in [0.717, 1.165) is 17.1 Å². The second kappa shape index (κ2) is 11.0. The monoisotopic (exact) mass is 523 g/mol. The van der Waals surface area contributed by atoms with E-state index in [2.05, 4.69) is 181 Å². The van der Waals surface area contributed by atoms with Gasteiger partial charge < -0.3 is 4.90 Å². The van der Waals surface area contributed by atoms with Crippen molar-refractivity contribution in [2.45, 2.75) is 0 Å². The Morgan fingerprint density at radius 2 is 0.854 bits per heavy atom. The van der Waals surface area contributed by atoms with Crippen LogP contribution in [0.15, 0.2) is 176 Å². The molecule has 1 heteroatoms. The molecule has 0 fully saturated rings. The van der Waals surface area contributed by atoms with Gasteiger partial charge in [0.25, 0.3) is 0 Å². The molecule has 0 atom stereocenters. The maximum absolute atomic E-state index is 2.35. The quantitative estimate of drug-likeness (QED) is 0.209. The largest absolute Gasteiger partial charge is 0.310 e. The predicted molar refractivity (Wildman–Crippen MR) is 175 cm³/mol. The van der Waals surface area contributed by atoms with E-state index in [0.29, 0.717) is 0 Å². The van der Waals surface area contributed by atoms with Crippen molar-refractivity contribution < 1.29 is 0 Å². The van der Waals surface area contributed by atoms with Gasteiger partial charge in [0.2, 0.25) is 0 Å². The van der Waals surface area contributed by atoms with Gasteiger partial charge in [-0.05, 0) is 68.9 Å². The molecule has 0 N–H and O–H groups in total. The van der Waals surface area contributed by atoms with Crippen LogP contribution in [0.5, 0.6) is 0 Å². The van der Waals surface area contributed by atoms with Gasteiger partial charge in [-0.3, -0.25) is 0 Å². The highest BCUT2D eigenvalue weighted by Gasteiger charge is 2.18. The van der Waals surface area contributed by atoms with E-state index in [1.165, 1.54) is 44.2 Å². The van der Waals surface area contributed by atoms with Crippen LogP contribution in [0.1, 0.15) is 0 Å². The molecule has 194 valence electrons. The molecule has 0 radical (unpaired) electrons. The molecule has 41 heavy (non-hydrogen) atoms. The van der Waals surface area contributed by atoms with E-state index in [-0.39, 0.29) is 0 Å². The third kappa shape index (κ3) is 4.79. The molecular formula is C40H29N. The summed E-state index contributed by atoms with van der Waals surface area (Å²) < 4.78 is 0. The predicted octanol–water partition coefficient (Wildman–Crippen LogP) is 11.3. The van der Waals surface area contributed by atoms with Crippen LogP contribution in [-0.2, 0) is 0 Å². The third-order valence-corrected chi connectivity index (χ3v) is 7.67. The lowest BCUT2D eigenvalue weighted by Crippen LogP contribution is -2.11. The highest BCUT2D eigenvalue weighted by Crippen LogP contribution is 2.43. The average molecular weight is 524 g/mol. The van der Waals surface area contributed by atoms with Crippen LogP contribution >= 0.6 is 0 Å². The number of rotatable bonds is 6. The van der Waals surface area contributed by atoms with Crippen LogP contribution < -0.4 is 4.90 Å². The summed E-state index contributed by atoms with van der Waals surface area (Å²) in [6.07, 6.45) is 0. The second-order valence-electron chi connectivity index (χ2n) is 10.2. The van der Waals surface area contributed by atoms with Crippen LogP contribution in [0, 0.1) is 0 Å². The molecule has 0 aliphatic heterocycles. The van der Waals surface area contributed by atoms with Gasteiger partial charge in [-0.25, -0.2) is 0 Å². The lowest BCUT2D eigenvalue weighted by atomic mass is 9.89. The average Bonchev–Trinajstić information content (AvgIpc) is 3.06. The van der Waals surface area contributed by atoms with Crippen LogP contribution in [0.25, 0.3) is 44.2 Å². The summed E-state index contributed by atoms with van der Waals surface area (Å²) >= 11 is 0. The number of para-hydroxylation sites is 2. The van der Waals surface area contributed by atoms with Crippen molar-refractivity contribution in [2.24, 2.45) is 0 Å². The Balaban J connectivity index is 1.39.